The van der Waals surface area contributed by atoms with Gasteiger partial charge in [-0.25, -0.2) is 0 Å². The van der Waals surface area contributed by atoms with Gasteiger partial charge in [-0.05, 0) is 31.0 Å². The molecular weight excluding hydrogens is 344 g/mol. The van der Waals surface area contributed by atoms with Gasteiger partial charge in [-0.2, -0.15) is 0 Å². The molecule has 0 atom stereocenters. The number of morpholine rings is 1. The van der Waals surface area contributed by atoms with Gasteiger partial charge < -0.3 is 20.3 Å². The molecule has 1 saturated carbocycles. The summed E-state index contributed by atoms with van der Waals surface area (Å²) in [5, 5.41) is 5.96. The minimum absolute atomic E-state index is 0.0533. The summed E-state index contributed by atoms with van der Waals surface area (Å²) in [6.07, 6.45) is 3.03. The molecule has 1 saturated heterocycles. The second kappa shape index (κ2) is 9.19. The third-order valence-electron chi connectivity index (χ3n) is 5.28. The van der Waals surface area contributed by atoms with Crippen LogP contribution in [-0.4, -0.2) is 70.2 Å². The van der Waals surface area contributed by atoms with Gasteiger partial charge in [0.15, 0.2) is 0 Å². The third kappa shape index (κ3) is 5.20. The van der Waals surface area contributed by atoms with E-state index in [1.807, 2.05) is 31.1 Å². The number of carbonyl (C=O) groups is 2. The van der Waals surface area contributed by atoms with E-state index in [4.69, 9.17) is 4.74 Å². The number of ether oxygens (including phenoxy) is 1. The highest BCUT2D eigenvalue weighted by molar-refractivity contribution is 6.02. The lowest BCUT2D eigenvalue weighted by Gasteiger charge is -2.26. The molecule has 2 N–H and O–H groups in total. The van der Waals surface area contributed by atoms with Gasteiger partial charge in [0, 0.05) is 57.6 Å². The Bertz CT molecular complexity index is 667. The maximum Gasteiger partial charge on any atom is 0.253 e. The second-order valence-electron chi connectivity index (χ2n) is 7.45. The summed E-state index contributed by atoms with van der Waals surface area (Å²) < 4.78 is 5.34. The van der Waals surface area contributed by atoms with E-state index < -0.39 is 0 Å². The van der Waals surface area contributed by atoms with Crippen molar-refractivity contribution in [1.29, 1.82) is 0 Å². The molecule has 1 aliphatic carbocycles. The SMILES string of the molecule is CN(C)c1ccc(NC(=O)C2CCC2)cc1C(=O)NCCN1CCOCC1. The van der Waals surface area contributed by atoms with E-state index in [1.165, 1.54) is 0 Å². The van der Waals surface area contributed by atoms with Gasteiger partial charge in [0.2, 0.25) is 5.91 Å². The Balaban J connectivity index is 1.62. The Labute approximate surface area is 161 Å². The van der Waals surface area contributed by atoms with Crippen molar-refractivity contribution in [2.75, 3.05) is 63.7 Å². The predicted molar refractivity (Wildman–Crippen MR) is 106 cm³/mol. The van der Waals surface area contributed by atoms with Crippen molar-refractivity contribution in [3.8, 4) is 0 Å². The first-order chi connectivity index (χ1) is 13.0. The van der Waals surface area contributed by atoms with E-state index in [0.29, 0.717) is 17.8 Å². The average Bonchev–Trinajstić information content (AvgIpc) is 2.60. The molecule has 2 fully saturated rings. The van der Waals surface area contributed by atoms with Crippen molar-refractivity contribution in [3.05, 3.63) is 23.8 Å². The lowest BCUT2D eigenvalue weighted by molar-refractivity contribution is -0.122. The van der Waals surface area contributed by atoms with E-state index in [2.05, 4.69) is 15.5 Å². The summed E-state index contributed by atoms with van der Waals surface area (Å²) in [6, 6.07) is 5.51. The number of carbonyl (C=O) groups excluding carboxylic acids is 2. The highest BCUT2D eigenvalue weighted by Gasteiger charge is 2.25. The van der Waals surface area contributed by atoms with Crippen LogP contribution in [0.5, 0.6) is 0 Å². The Morgan fingerprint density at radius 2 is 1.96 bits per heavy atom. The van der Waals surface area contributed by atoms with E-state index >= 15 is 0 Å². The van der Waals surface area contributed by atoms with Crippen LogP contribution in [0.3, 0.4) is 0 Å². The van der Waals surface area contributed by atoms with Gasteiger partial charge in [-0.3, -0.25) is 14.5 Å². The van der Waals surface area contributed by atoms with E-state index in [0.717, 1.165) is 57.8 Å². The molecular formula is C20H30N4O3. The van der Waals surface area contributed by atoms with Crippen LogP contribution in [0, 0.1) is 5.92 Å². The number of nitrogens with one attached hydrogen (secondary N) is 2. The summed E-state index contributed by atoms with van der Waals surface area (Å²) >= 11 is 0. The summed E-state index contributed by atoms with van der Waals surface area (Å²) in [5.74, 6) is 0.0496. The van der Waals surface area contributed by atoms with Crippen molar-refractivity contribution in [3.63, 3.8) is 0 Å². The fourth-order valence-electron chi connectivity index (χ4n) is 3.35. The van der Waals surface area contributed by atoms with E-state index in [-0.39, 0.29) is 17.7 Å². The number of hydrogen-bond donors (Lipinski definition) is 2. The zero-order valence-electron chi connectivity index (χ0n) is 16.3. The Morgan fingerprint density at radius 3 is 2.59 bits per heavy atom. The number of anilines is 2. The normalized spacial score (nSPS) is 17.9. The number of benzene rings is 1. The molecule has 0 radical (unpaired) electrons. The first-order valence-corrected chi connectivity index (χ1v) is 9.75. The van der Waals surface area contributed by atoms with Gasteiger partial charge in [0.25, 0.3) is 5.91 Å². The van der Waals surface area contributed by atoms with Crippen LogP contribution in [0.25, 0.3) is 0 Å². The predicted octanol–water partition coefficient (Wildman–Crippen LogP) is 1.55. The van der Waals surface area contributed by atoms with Crippen molar-refractivity contribution in [2.45, 2.75) is 19.3 Å². The molecule has 1 aliphatic heterocycles. The summed E-state index contributed by atoms with van der Waals surface area (Å²) in [4.78, 5) is 29.2. The fraction of sp³-hybridized carbons (Fsp3) is 0.600. The van der Waals surface area contributed by atoms with Gasteiger partial charge in [0.1, 0.15) is 0 Å². The molecule has 0 bridgehead atoms. The van der Waals surface area contributed by atoms with Crippen LogP contribution < -0.4 is 15.5 Å². The minimum atomic E-state index is -0.119. The molecule has 1 aromatic rings. The Morgan fingerprint density at radius 1 is 1.22 bits per heavy atom. The average molecular weight is 374 g/mol. The molecule has 27 heavy (non-hydrogen) atoms. The lowest BCUT2D eigenvalue weighted by atomic mass is 9.85. The van der Waals surface area contributed by atoms with E-state index in [9.17, 15) is 9.59 Å². The molecule has 1 heterocycles. The maximum absolute atomic E-state index is 12.8. The zero-order chi connectivity index (χ0) is 19.2. The molecule has 7 heteroatoms. The molecule has 3 rings (SSSR count). The first kappa shape index (κ1) is 19.6. The summed E-state index contributed by atoms with van der Waals surface area (Å²) in [7, 11) is 3.82. The van der Waals surface area contributed by atoms with Crippen molar-refractivity contribution < 1.29 is 14.3 Å². The number of amides is 2. The molecule has 0 unspecified atom stereocenters. The highest BCUT2D eigenvalue weighted by Crippen LogP contribution is 2.29. The van der Waals surface area contributed by atoms with Gasteiger partial charge in [-0.1, -0.05) is 6.42 Å². The van der Waals surface area contributed by atoms with Crippen LogP contribution in [0.15, 0.2) is 18.2 Å². The molecule has 2 aliphatic rings. The smallest absolute Gasteiger partial charge is 0.253 e. The van der Waals surface area contributed by atoms with Crippen molar-refractivity contribution >= 4 is 23.2 Å². The molecule has 0 aromatic heterocycles. The molecule has 1 aromatic carbocycles. The molecule has 2 amide bonds. The van der Waals surface area contributed by atoms with Crippen LogP contribution in [0.4, 0.5) is 11.4 Å². The quantitative estimate of drug-likeness (QED) is 0.758. The summed E-state index contributed by atoms with van der Waals surface area (Å²) in [6.45, 7) is 4.71. The number of nitrogens with zero attached hydrogens (tertiary/aromatic N) is 2. The van der Waals surface area contributed by atoms with Gasteiger partial charge >= 0.3 is 0 Å². The maximum atomic E-state index is 12.8. The van der Waals surface area contributed by atoms with Crippen LogP contribution in [-0.2, 0) is 9.53 Å². The number of rotatable bonds is 7. The van der Waals surface area contributed by atoms with Crippen LogP contribution in [0.2, 0.25) is 0 Å². The third-order valence-corrected chi connectivity index (χ3v) is 5.28. The topological polar surface area (TPSA) is 73.9 Å². The van der Waals surface area contributed by atoms with Crippen LogP contribution in [0.1, 0.15) is 29.6 Å². The summed E-state index contributed by atoms with van der Waals surface area (Å²) in [5.41, 5.74) is 2.09. The van der Waals surface area contributed by atoms with Crippen molar-refractivity contribution in [1.82, 2.24) is 10.2 Å². The largest absolute Gasteiger partial charge is 0.379 e. The Hall–Kier alpha value is -2.12. The lowest BCUT2D eigenvalue weighted by Crippen LogP contribution is -2.41. The minimum Gasteiger partial charge on any atom is -0.379 e. The van der Waals surface area contributed by atoms with E-state index in [1.54, 1.807) is 6.07 Å². The molecule has 0 spiro atoms. The highest BCUT2D eigenvalue weighted by atomic mass is 16.5. The fourth-order valence-corrected chi connectivity index (χ4v) is 3.35. The van der Waals surface area contributed by atoms with Gasteiger partial charge in [-0.15, -0.1) is 0 Å². The monoisotopic (exact) mass is 374 g/mol. The zero-order valence-corrected chi connectivity index (χ0v) is 16.3. The van der Waals surface area contributed by atoms with Crippen LogP contribution >= 0.6 is 0 Å². The standard InChI is InChI=1S/C20H30N4O3/c1-23(2)18-7-6-16(22-19(25)15-4-3-5-15)14-17(18)20(26)21-8-9-24-10-12-27-13-11-24/h6-7,14-15H,3-5,8-13H2,1-2H3,(H,21,26)(H,22,25). The number of hydrogen-bond acceptors (Lipinski definition) is 5. The van der Waals surface area contributed by atoms with Gasteiger partial charge in [0.05, 0.1) is 18.8 Å². The molecule has 7 nitrogen and oxygen atoms in total. The Kier molecular flexibility index (Phi) is 6.68. The first-order valence-electron chi connectivity index (χ1n) is 9.75. The molecule has 148 valence electrons. The van der Waals surface area contributed by atoms with Crippen molar-refractivity contribution in [2.24, 2.45) is 5.92 Å². The second-order valence-corrected chi connectivity index (χ2v) is 7.45.